The van der Waals surface area contributed by atoms with Gasteiger partial charge in [-0.2, -0.15) is 13.2 Å². The van der Waals surface area contributed by atoms with Crippen molar-refractivity contribution in [3.05, 3.63) is 0 Å². The quantitative estimate of drug-likeness (QED) is 0.711. The minimum atomic E-state index is -4.62. The summed E-state index contributed by atoms with van der Waals surface area (Å²) in [6.45, 7) is 1.49. The second-order valence-electron chi connectivity index (χ2n) is 5.19. The number of aliphatic carboxylic acids is 1. The first-order valence-corrected chi connectivity index (χ1v) is 6.31. The lowest BCUT2D eigenvalue weighted by Gasteiger charge is -2.25. The molecule has 0 aromatic rings. The number of alkyl halides is 3. The molecule has 0 heterocycles. The SMILES string of the molecule is CC(C)C[C@H](CN)CC(=O)N(CC(=O)O)CC(F)(F)F. The van der Waals surface area contributed by atoms with Crippen LogP contribution in [0.5, 0.6) is 0 Å². The van der Waals surface area contributed by atoms with Gasteiger partial charge in [0, 0.05) is 6.42 Å². The summed E-state index contributed by atoms with van der Waals surface area (Å²) in [6, 6.07) is 0. The minimum Gasteiger partial charge on any atom is -0.480 e. The first-order chi connectivity index (χ1) is 9.05. The number of nitrogens with two attached hydrogens (primary N) is 1. The molecule has 0 aliphatic heterocycles. The summed E-state index contributed by atoms with van der Waals surface area (Å²) in [7, 11) is 0. The van der Waals surface area contributed by atoms with Gasteiger partial charge in [0.1, 0.15) is 13.1 Å². The summed E-state index contributed by atoms with van der Waals surface area (Å²) in [5, 5.41) is 8.58. The molecule has 0 saturated heterocycles. The third kappa shape index (κ3) is 8.73. The van der Waals surface area contributed by atoms with Crippen LogP contribution in [0.25, 0.3) is 0 Å². The van der Waals surface area contributed by atoms with Gasteiger partial charge in [0.15, 0.2) is 0 Å². The molecule has 1 atom stereocenters. The van der Waals surface area contributed by atoms with E-state index in [9.17, 15) is 22.8 Å². The molecule has 0 spiro atoms. The molecular weight excluding hydrogens is 277 g/mol. The number of amides is 1. The predicted molar refractivity (Wildman–Crippen MR) is 66.9 cm³/mol. The summed E-state index contributed by atoms with van der Waals surface area (Å²) < 4.78 is 37.0. The van der Waals surface area contributed by atoms with E-state index >= 15 is 0 Å². The Bertz CT molecular complexity index is 332. The van der Waals surface area contributed by atoms with E-state index < -0.39 is 31.1 Å². The lowest BCUT2D eigenvalue weighted by atomic mass is 9.94. The molecule has 0 aliphatic carbocycles. The second kappa shape index (κ2) is 8.08. The molecule has 0 aromatic heterocycles. The van der Waals surface area contributed by atoms with E-state index in [0.29, 0.717) is 11.3 Å². The molecule has 20 heavy (non-hydrogen) atoms. The van der Waals surface area contributed by atoms with Crippen molar-refractivity contribution >= 4 is 11.9 Å². The number of nitrogens with zero attached hydrogens (tertiary/aromatic N) is 1. The number of hydrogen-bond donors (Lipinski definition) is 2. The number of carbonyl (C=O) groups is 2. The Morgan fingerprint density at radius 2 is 1.85 bits per heavy atom. The van der Waals surface area contributed by atoms with E-state index in [1.807, 2.05) is 13.8 Å². The Hall–Kier alpha value is -1.31. The zero-order chi connectivity index (χ0) is 15.9. The van der Waals surface area contributed by atoms with Crippen LogP contribution >= 0.6 is 0 Å². The highest BCUT2D eigenvalue weighted by atomic mass is 19.4. The molecule has 3 N–H and O–H groups in total. The van der Waals surface area contributed by atoms with Crippen LogP contribution in [0.1, 0.15) is 26.7 Å². The molecule has 0 bridgehead atoms. The number of carboxylic acids is 1. The van der Waals surface area contributed by atoms with Crippen LogP contribution in [0.2, 0.25) is 0 Å². The lowest BCUT2D eigenvalue weighted by Crippen LogP contribution is -2.43. The normalized spacial score (nSPS) is 13.3. The van der Waals surface area contributed by atoms with Gasteiger partial charge in [-0.25, -0.2) is 0 Å². The van der Waals surface area contributed by atoms with Crippen molar-refractivity contribution in [1.29, 1.82) is 0 Å². The van der Waals surface area contributed by atoms with Gasteiger partial charge < -0.3 is 15.7 Å². The van der Waals surface area contributed by atoms with E-state index in [-0.39, 0.29) is 24.8 Å². The molecule has 1 amide bonds. The van der Waals surface area contributed by atoms with Crippen LogP contribution in [0.3, 0.4) is 0 Å². The third-order valence-electron chi connectivity index (χ3n) is 2.65. The average Bonchev–Trinajstić information content (AvgIpc) is 2.23. The maximum Gasteiger partial charge on any atom is 0.406 e. The molecule has 118 valence electrons. The van der Waals surface area contributed by atoms with Gasteiger partial charge in [-0.1, -0.05) is 13.8 Å². The zero-order valence-corrected chi connectivity index (χ0v) is 11.6. The van der Waals surface area contributed by atoms with Crippen LogP contribution < -0.4 is 5.73 Å². The van der Waals surface area contributed by atoms with Gasteiger partial charge in [-0.15, -0.1) is 0 Å². The van der Waals surface area contributed by atoms with Crippen LogP contribution in [0, 0.1) is 11.8 Å². The Morgan fingerprint density at radius 3 is 2.20 bits per heavy atom. The summed E-state index contributed by atoms with van der Waals surface area (Å²) in [6.07, 6.45) is -4.19. The standard InChI is InChI=1S/C12H21F3N2O3/c1-8(2)3-9(5-16)4-10(18)17(6-11(19)20)7-12(13,14)15/h8-9H,3-7,16H2,1-2H3,(H,19,20)/t9-/m0/s1. The maximum atomic E-state index is 12.3. The Morgan fingerprint density at radius 1 is 1.30 bits per heavy atom. The van der Waals surface area contributed by atoms with Gasteiger partial charge >= 0.3 is 12.1 Å². The summed E-state index contributed by atoms with van der Waals surface area (Å²) >= 11 is 0. The van der Waals surface area contributed by atoms with Gasteiger partial charge in [0.05, 0.1) is 0 Å². The third-order valence-corrected chi connectivity index (χ3v) is 2.65. The van der Waals surface area contributed by atoms with Crippen molar-refractivity contribution < 1.29 is 27.9 Å². The smallest absolute Gasteiger partial charge is 0.406 e. The van der Waals surface area contributed by atoms with E-state index in [1.54, 1.807) is 0 Å². The average molecular weight is 298 g/mol. The fraction of sp³-hybridized carbons (Fsp3) is 0.833. The Balaban J connectivity index is 4.72. The van der Waals surface area contributed by atoms with Gasteiger partial charge in [0.2, 0.25) is 5.91 Å². The summed E-state index contributed by atoms with van der Waals surface area (Å²) in [5.41, 5.74) is 5.49. The van der Waals surface area contributed by atoms with E-state index in [2.05, 4.69) is 0 Å². The van der Waals surface area contributed by atoms with Gasteiger partial charge in [-0.05, 0) is 24.8 Å². The maximum absolute atomic E-state index is 12.3. The number of carboxylic acid groups (broad SMARTS) is 1. The number of hydrogen-bond acceptors (Lipinski definition) is 3. The number of carbonyl (C=O) groups excluding carboxylic acids is 1. The molecule has 0 aliphatic rings. The highest BCUT2D eigenvalue weighted by Gasteiger charge is 2.34. The minimum absolute atomic E-state index is 0.169. The number of rotatable bonds is 8. The fourth-order valence-corrected chi connectivity index (χ4v) is 1.92. The topological polar surface area (TPSA) is 83.6 Å². The molecule has 0 fully saturated rings. The lowest BCUT2D eigenvalue weighted by molar-refractivity contribution is -0.166. The second-order valence-corrected chi connectivity index (χ2v) is 5.19. The summed E-state index contributed by atoms with van der Waals surface area (Å²) in [5.74, 6) is -2.30. The van der Waals surface area contributed by atoms with Crippen LogP contribution in [0.4, 0.5) is 13.2 Å². The Kier molecular flexibility index (Phi) is 7.55. The molecule has 8 heteroatoms. The van der Waals surface area contributed by atoms with Crippen molar-refractivity contribution in [2.75, 3.05) is 19.6 Å². The zero-order valence-electron chi connectivity index (χ0n) is 11.6. The Labute approximate surface area is 115 Å². The first-order valence-electron chi connectivity index (χ1n) is 6.31. The monoisotopic (exact) mass is 298 g/mol. The van der Waals surface area contributed by atoms with Crippen molar-refractivity contribution in [1.82, 2.24) is 4.90 Å². The number of halogens is 3. The van der Waals surface area contributed by atoms with Crippen LogP contribution in [-0.2, 0) is 9.59 Å². The first kappa shape index (κ1) is 18.7. The molecule has 0 unspecified atom stereocenters. The van der Waals surface area contributed by atoms with Gasteiger partial charge in [-0.3, -0.25) is 9.59 Å². The predicted octanol–water partition coefficient (Wildman–Crippen LogP) is 1.47. The highest BCUT2D eigenvalue weighted by molar-refractivity contribution is 5.81. The largest absolute Gasteiger partial charge is 0.480 e. The van der Waals surface area contributed by atoms with Crippen molar-refractivity contribution in [3.63, 3.8) is 0 Å². The van der Waals surface area contributed by atoms with E-state index in [1.165, 1.54) is 0 Å². The molecule has 0 rings (SSSR count). The van der Waals surface area contributed by atoms with Crippen LogP contribution in [0.15, 0.2) is 0 Å². The molecule has 0 aromatic carbocycles. The summed E-state index contributed by atoms with van der Waals surface area (Å²) in [4.78, 5) is 22.7. The van der Waals surface area contributed by atoms with Gasteiger partial charge in [0.25, 0.3) is 0 Å². The molecular formula is C12H21F3N2O3. The molecule has 5 nitrogen and oxygen atoms in total. The molecule has 0 saturated carbocycles. The fourth-order valence-electron chi connectivity index (χ4n) is 1.92. The van der Waals surface area contributed by atoms with E-state index in [0.717, 1.165) is 0 Å². The van der Waals surface area contributed by atoms with E-state index in [4.69, 9.17) is 10.8 Å². The van der Waals surface area contributed by atoms with Crippen molar-refractivity contribution in [2.24, 2.45) is 17.6 Å². The van der Waals surface area contributed by atoms with Crippen molar-refractivity contribution in [3.8, 4) is 0 Å². The van der Waals surface area contributed by atoms with Crippen molar-refractivity contribution in [2.45, 2.75) is 32.9 Å². The van der Waals surface area contributed by atoms with Crippen LogP contribution in [-0.4, -0.2) is 47.7 Å². The molecule has 0 radical (unpaired) electrons. The highest BCUT2D eigenvalue weighted by Crippen LogP contribution is 2.20.